The molecule has 0 bridgehead atoms. The summed E-state index contributed by atoms with van der Waals surface area (Å²) >= 11 is 0. The Morgan fingerprint density at radius 3 is 2.68 bits per heavy atom. The first-order valence-electron chi connectivity index (χ1n) is 6.25. The van der Waals surface area contributed by atoms with E-state index in [0.29, 0.717) is 25.3 Å². The second-order valence-corrected chi connectivity index (χ2v) is 6.45. The van der Waals surface area contributed by atoms with Crippen LogP contribution in [0.25, 0.3) is 0 Å². The fourth-order valence-corrected chi connectivity index (χ4v) is 2.73. The largest absolute Gasteiger partial charge is 0.397 e. The van der Waals surface area contributed by atoms with Gasteiger partial charge in [-0.25, -0.2) is 17.7 Å². The molecule has 19 heavy (non-hydrogen) atoms. The summed E-state index contributed by atoms with van der Waals surface area (Å²) in [6.07, 6.45) is 3.56. The van der Waals surface area contributed by atoms with Gasteiger partial charge in [0.25, 0.3) is 0 Å². The predicted octanol–water partition coefficient (Wildman–Crippen LogP) is 1.06. The minimum Gasteiger partial charge on any atom is -0.397 e. The molecule has 0 saturated carbocycles. The first-order chi connectivity index (χ1) is 8.84. The van der Waals surface area contributed by atoms with E-state index < -0.39 is 10.0 Å². The average Bonchev–Trinajstić information content (AvgIpc) is 2.29. The highest BCUT2D eigenvalue weighted by Crippen LogP contribution is 2.13. The maximum atomic E-state index is 11.4. The van der Waals surface area contributed by atoms with Crippen molar-refractivity contribution < 1.29 is 8.42 Å². The summed E-state index contributed by atoms with van der Waals surface area (Å²) in [5, 5.41) is 3.18. The first-order valence-corrected chi connectivity index (χ1v) is 8.10. The van der Waals surface area contributed by atoms with Crippen LogP contribution in [0.15, 0.2) is 12.3 Å². The molecule has 6 nitrogen and oxygen atoms in total. The van der Waals surface area contributed by atoms with Crippen molar-refractivity contribution in [2.45, 2.75) is 20.3 Å². The molecule has 0 amide bonds. The quantitative estimate of drug-likeness (QED) is 0.732. The molecule has 0 fully saturated rings. The van der Waals surface area contributed by atoms with Crippen LogP contribution >= 0.6 is 0 Å². The number of nitrogens with zero attached hydrogens (tertiary/aromatic N) is 2. The third-order valence-electron chi connectivity index (χ3n) is 2.80. The van der Waals surface area contributed by atoms with Crippen LogP contribution in [0.3, 0.4) is 0 Å². The highest BCUT2D eigenvalue weighted by molar-refractivity contribution is 7.88. The van der Waals surface area contributed by atoms with Crippen molar-refractivity contribution in [2.75, 3.05) is 36.9 Å². The average molecular weight is 286 g/mol. The van der Waals surface area contributed by atoms with Crippen LogP contribution in [-0.4, -0.2) is 43.6 Å². The molecule has 3 N–H and O–H groups in total. The zero-order chi connectivity index (χ0) is 14.5. The van der Waals surface area contributed by atoms with Crippen molar-refractivity contribution in [3.8, 4) is 0 Å². The number of pyridine rings is 1. The lowest BCUT2D eigenvalue weighted by Gasteiger charge is -2.18. The third-order valence-corrected chi connectivity index (χ3v) is 4.18. The predicted molar refractivity (Wildman–Crippen MR) is 78.6 cm³/mol. The normalized spacial score (nSPS) is 11.8. The van der Waals surface area contributed by atoms with Gasteiger partial charge >= 0.3 is 0 Å². The fraction of sp³-hybridized carbons (Fsp3) is 0.583. The number of nitrogens with two attached hydrogens (primary N) is 1. The Bertz CT molecular complexity index is 516. The molecular weight excluding hydrogens is 264 g/mol. The summed E-state index contributed by atoms with van der Waals surface area (Å²) in [6, 6.07) is 1.85. The van der Waals surface area contributed by atoms with Gasteiger partial charge in [0.2, 0.25) is 10.0 Å². The maximum Gasteiger partial charge on any atom is 0.211 e. The lowest BCUT2D eigenvalue weighted by atomic mass is 10.2. The van der Waals surface area contributed by atoms with Crippen molar-refractivity contribution in [1.29, 1.82) is 0 Å². The Morgan fingerprint density at radius 2 is 2.16 bits per heavy atom. The minimum atomic E-state index is -3.10. The van der Waals surface area contributed by atoms with E-state index in [0.717, 1.165) is 17.8 Å². The maximum absolute atomic E-state index is 11.4. The second-order valence-electron chi connectivity index (χ2n) is 4.47. The molecule has 0 aromatic carbocycles. The van der Waals surface area contributed by atoms with Gasteiger partial charge < -0.3 is 11.1 Å². The van der Waals surface area contributed by atoms with Gasteiger partial charge in [-0.05, 0) is 25.0 Å². The molecular formula is C12H22N4O2S. The minimum absolute atomic E-state index is 0.498. The monoisotopic (exact) mass is 286 g/mol. The van der Waals surface area contributed by atoms with Crippen molar-refractivity contribution >= 4 is 21.5 Å². The second kappa shape index (κ2) is 6.72. The summed E-state index contributed by atoms with van der Waals surface area (Å²) in [5.41, 5.74) is 7.24. The molecule has 0 unspecified atom stereocenters. The number of rotatable bonds is 7. The number of aryl methyl sites for hydroxylation is 1. The molecule has 0 aliphatic heterocycles. The van der Waals surface area contributed by atoms with Gasteiger partial charge in [0, 0.05) is 19.6 Å². The Labute approximate surface area is 115 Å². The van der Waals surface area contributed by atoms with Crippen LogP contribution in [0.5, 0.6) is 0 Å². The molecule has 1 heterocycles. The van der Waals surface area contributed by atoms with E-state index in [1.807, 2.05) is 19.9 Å². The Balaban J connectivity index is 2.42. The Morgan fingerprint density at radius 1 is 1.47 bits per heavy atom. The molecule has 1 aromatic heterocycles. The highest BCUT2D eigenvalue weighted by Gasteiger charge is 2.13. The van der Waals surface area contributed by atoms with Crippen LogP contribution < -0.4 is 11.1 Å². The molecule has 0 aliphatic carbocycles. The molecule has 0 aliphatic rings. The number of anilines is 2. The first kappa shape index (κ1) is 15.7. The smallest absolute Gasteiger partial charge is 0.211 e. The van der Waals surface area contributed by atoms with E-state index in [9.17, 15) is 8.42 Å². The number of hydrogen-bond acceptors (Lipinski definition) is 5. The van der Waals surface area contributed by atoms with Crippen molar-refractivity contribution in [2.24, 2.45) is 0 Å². The summed E-state index contributed by atoms with van der Waals surface area (Å²) < 4.78 is 24.3. The van der Waals surface area contributed by atoms with Crippen molar-refractivity contribution in [3.05, 3.63) is 17.8 Å². The lowest BCUT2D eigenvalue weighted by Crippen LogP contribution is -2.31. The van der Waals surface area contributed by atoms with Crippen LogP contribution in [-0.2, 0) is 10.0 Å². The van der Waals surface area contributed by atoms with Crippen LogP contribution in [0.1, 0.15) is 18.9 Å². The molecule has 0 atom stereocenters. The van der Waals surface area contributed by atoms with Gasteiger partial charge in [0.05, 0.1) is 18.1 Å². The van der Waals surface area contributed by atoms with Crippen LogP contribution in [0, 0.1) is 6.92 Å². The van der Waals surface area contributed by atoms with Crippen LogP contribution in [0.4, 0.5) is 11.5 Å². The third kappa shape index (κ3) is 5.04. The van der Waals surface area contributed by atoms with Crippen molar-refractivity contribution in [3.63, 3.8) is 0 Å². The molecule has 0 saturated heterocycles. The Kier molecular flexibility index (Phi) is 5.56. The fourth-order valence-electron chi connectivity index (χ4n) is 1.80. The summed E-state index contributed by atoms with van der Waals surface area (Å²) in [7, 11) is -3.10. The number of nitrogen functional groups attached to an aromatic ring is 1. The summed E-state index contributed by atoms with van der Waals surface area (Å²) in [4.78, 5) is 4.20. The van der Waals surface area contributed by atoms with Gasteiger partial charge in [-0.2, -0.15) is 0 Å². The summed E-state index contributed by atoms with van der Waals surface area (Å²) in [6.45, 7) is 5.44. The lowest BCUT2D eigenvalue weighted by molar-refractivity contribution is 0.428. The molecule has 1 aromatic rings. The molecule has 108 valence electrons. The Hall–Kier alpha value is -1.34. The van der Waals surface area contributed by atoms with E-state index in [-0.39, 0.29) is 0 Å². The standard InChI is InChI=1S/C12H22N4O2S/c1-4-16(19(3,17)18)7-5-6-14-12-10(2)8-11(13)9-15-12/h8-9H,4-7,13H2,1-3H3,(H,14,15). The SMILES string of the molecule is CCN(CCCNc1ncc(N)cc1C)S(C)(=O)=O. The van der Waals surface area contributed by atoms with E-state index in [1.165, 1.54) is 10.6 Å². The zero-order valence-electron chi connectivity index (χ0n) is 11.7. The van der Waals surface area contributed by atoms with Gasteiger partial charge in [0.15, 0.2) is 0 Å². The van der Waals surface area contributed by atoms with Gasteiger partial charge in [-0.15, -0.1) is 0 Å². The number of nitrogens with one attached hydrogen (secondary N) is 1. The number of hydrogen-bond donors (Lipinski definition) is 2. The van der Waals surface area contributed by atoms with E-state index in [4.69, 9.17) is 5.73 Å². The van der Waals surface area contributed by atoms with Gasteiger partial charge in [-0.1, -0.05) is 6.92 Å². The highest BCUT2D eigenvalue weighted by atomic mass is 32.2. The zero-order valence-corrected chi connectivity index (χ0v) is 12.5. The van der Waals surface area contributed by atoms with Gasteiger partial charge in [0.1, 0.15) is 5.82 Å². The van der Waals surface area contributed by atoms with E-state index in [1.54, 1.807) is 6.20 Å². The molecule has 7 heteroatoms. The molecule has 0 spiro atoms. The number of aromatic nitrogens is 1. The summed E-state index contributed by atoms with van der Waals surface area (Å²) in [5.74, 6) is 0.789. The topological polar surface area (TPSA) is 88.3 Å². The van der Waals surface area contributed by atoms with Gasteiger partial charge in [-0.3, -0.25) is 0 Å². The van der Waals surface area contributed by atoms with Crippen molar-refractivity contribution in [1.82, 2.24) is 9.29 Å². The molecule has 0 radical (unpaired) electrons. The van der Waals surface area contributed by atoms with E-state index >= 15 is 0 Å². The molecule has 1 rings (SSSR count). The number of sulfonamides is 1. The van der Waals surface area contributed by atoms with Crippen LogP contribution in [0.2, 0.25) is 0 Å². The van der Waals surface area contributed by atoms with E-state index in [2.05, 4.69) is 10.3 Å².